The van der Waals surface area contributed by atoms with Crippen LogP contribution in [0.2, 0.25) is 0 Å². The van der Waals surface area contributed by atoms with Gasteiger partial charge < -0.3 is 14.4 Å². The van der Waals surface area contributed by atoms with Gasteiger partial charge >= 0.3 is 0 Å². The van der Waals surface area contributed by atoms with Crippen LogP contribution in [-0.4, -0.2) is 28.4 Å². The summed E-state index contributed by atoms with van der Waals surface area (Å²) < 4.78 is 7.36. The molecule has 0 radical (unpaired) electrons. The number of aliphatic hydroxyl groups excluding tert-OH is 1. The number of nitrogens with zero attached hydrogens (tertiary/aromatic N) is 2. The Labute approximate surface area is 119 Å². The molecule has 1 aromatic carbocycles. The molecule has 104 valence electrons. The third-order valence-corrected chi connectivity index (χ3v) is 3.07. The van der Waals surface area contributed by atoms with E-state index in [0.717, 1.165) is 29.1 Å². The molecule has 0 spiro atoms. The molecule has 4 nitrogen and oxygen atoms in total. The van der Waals surface area contributed by atoms with Gasteiger partial charge in [0, 0.05) is 24.4 Å². The summed E-state index contributed by atoms with van der Waals surface area (Å²) in [5, 5.41) is 8.84. The van der Waals surface area contributed by atoms with E-state index in [1.165, 1.54) is 0 Å². The quantitative estimate of drug-likeness (QED) is 0.862. The molecule has 0 amide bonds. The molecule has 1 aromatic heterocycles. The van der Waals surface area contributed by atoms with Crippen molar-refractivity contribution in [1.29, 1.82) is 0 Å². The Morgan fingerprint density at radius 1 is 1.40 bits per heavy atom. The van der Waals surface area contributed by atoms with Gasteiger partial charge in [-0.3, -0.25) is 0 Å². The van der Waals surface area contributed by atoms with Crippen LogP contribution in [0.15, 0.2) is 30.6 Å². The zero-order valence-electron chi connectivity index (χ0n) is 11.8. The summed E-state index contributed by atoms with van der Waals surface area (Å²) in [5.41, 5.74) is 1.95. The summed E-state index contributed by atoms with van der Waals surface area (Å²) in [7, 11) is 1.65. The lowest BCUT2D eigenvalue weighted by Gasteiger charge is -2.10. The second-order valence-electron chi connectivity index (χ2n) is 4.31. The highest BCUT2D eigenvalue weighted by atomic mass is 16.5. The highest BCUT2D eigenvalue weighted by Crippen LogP contribution is 2.19. The van der Waals surface area contributed by atoms with E-state index in [2.05, 4.69) is 28.3 Å². The first-order valence-corrected chi connectivity index (χ1v) is 6.55. The minimum atomic E-state index is -0.142. The van der Waals surface area contributed by atoms with Crippen LogP contribution in [0.1, 0.15) is 23.9 Å². The van der Waals surface area contributed by atoms with Gasteiger partial charge in [0.25, 0.3) is 0 Å². The van der Waals surface area contributed by atoms with Gasteiger partial charge in [0.2, 0.25) is 0 Å². The Hall–Kier alpha value is -2.25. The number of imidazole rings is 1. The fraction of sp³-hybridized carbons (Fsp3) is 0.312. The number of rotatable bonds is 4. The normalized spacial score (nSPS) is 9.95. The molecule has 1 heterocycles. The Kier molecular flexibility index (Phi) is 4.80. The molecule has 2 aromatic rings. The van der Waals surface area contributed by atoms with E-state index < -0.39 is 0 Å². The lowest BCUT2D eigenvalue weighted by molar-refractivity contribution is 0.350. The molecular formula is C16H18N2O2. The Balaban J connectivity index is 2.37. The van der Waals surface area contributed by atoms with Gasteiger partial charge in [-0.05, 0) is 23.8 Å². The van der Waals surface area contributed by atoms with Gasteiger partial charge in [0.1, 0.15) is 18.2 Å². The maximum atomic E-state index is 8.84. The van der Waals surface area contributed by atoms with Gasteiger partial charge in [0.15, 0.2) is 0 Å². The van der Waals surface area contributed by atoms with E-state index in [-0.39, 0.29) is 6.61 Å². The number of benzene rings is 1. The number of aromatic nitrogens is 2. The third kappa shape index (κ3) is 3.19. The van der Waals surface area contributed by atoms with E-state index in [1.54, 1.807) is 13.3 Å². The summed E-state index contributed by atoms with van der Waals surface area (Å²) in [4.78, 5) is 4.32. The van der Waals surface area contributed by atoms with Crippen molar-refractivity contribution < 1.29 is 9.84 Å². The molecule has 0 bridgehead atoms. The second-order valence-corrected chi connectivity index (χ2v) is 4.31. The lowest BCUT2D eigenvalue weighted by atomic mass is 10.1. The Morgan fingerprint density at radius 3 is 2.95 bits per heavy atom. The van der Waals surface area contributed by atoms with E-state index in [1.807, 2.05) is 24.4 Å². The summed E-state index contributed by atoms with van der Waals surface area (Å²) in [6, 6.07) is 5.76. The largest absolute Gasteiger partial charge is 0.497 e. The average molecular weight is 270 g/mol. The maximum absolute atomic E-state index is 8.84. The van der Waals surface area contributed by atoms with Crippen molar-refractivity contribution in [2.24, 2.45) is 0 Å². The van der Waals surface area contributed by atoms with Crippen LogP contribution in [0.5, 0.6) is 5.75 Å². The van der Waals surface area contributed by atoms with Crippen molar-refractivity contribution in [3.05, 3.63) is 47.5 Å². The van der Waals surface area contributed by atoms with Crippen molar-refractivity contribution >= 4 is 0 Å². The number of aliphatic hydroxyl groups is 1. The van der Waals surface area contributed by atoms with Crippen LogP contribution in [0.4, 0.5) is 0 Å². The maximum Gasteiger partial charge on any atom is 0.119 e. The zero-order valence-corrected chi connectivity index (χ0v) is 11.8. The van der Waals surface area contributed by atoms with E-state index in [9.17, 15) is 0 Å². The molecule has 0 fully saturated rings. The fourth-order valence-electron chi connectivity index (χ4n) is 2.07. The number of hydrogen-bond acceptors (Lipinski definition) is 3. The smallest absolute Gasteiger partial charge is 0.119 e. The van der Waals surface area contributed by atoms with E-state index >= 15 is 0 Å². The van der Waals surface area contributed by atoms with Crippen LogP contribution < -0.4 is 4.74 Å². The standard InChI is InChI=1S/C16H18N2O2/c1-3-16-17-8-9-18(16)12-14-11-15(20-2)7-6-13(14)5-4-10-19/h6-9,11,19H,3,10,12H2,1-2H3. The van der Waals surface area contributed by atoms with E-state index in [4.69, 9.17) is 9.84 Å². The fourth-order valence-corrected chi connectivity index (χ4v) is 2.07. The Morgan fingerprint density at radius 2 is 2.25 bits per heavy atom. The zero-order chi connectivity index (χ0) is 14.4. The van der Waals surface area contributed by atoms with Crippen LogP contribution in [-0.2, 0) is 13.0 Å². The molecule has 2 rings (SSSR count). The minimum absolute atomic E-state index is 0.142. The van der Waals surface area contributed by atoms with Crippen molar-refractivity contribution in [1.82, 2.24) is 9.55 Å². The molecule has 20 heavy (non-hydrogen) atoms. The van der Waals surface area contributed by atoms with Gasteiger partial charge in [0.05, 0.1) is 13.7 Å². The molecule has 0 saturated carbocycles. The molecule has 0 atom stereocenters. The monoisotopic (exact) mass is 270 g/mol. The SMILES string of the molecule is CCc1nccn1Cc1cc(OC)ccc1C#CCO. The van der Waals surface area contributed by atoms with Crippen molar-refractivity contribution in [3.63, 3.8) is 0 Å². The van der Waals surface area contributed by atoms with Crippen LogP contribution in [0, 0.1) is 11.8 Å². The number of aryl methyl sites for hydroxylation is 1. The van der Waals surface area contributed by atoms with Crippen LogP contribution in [0.3, 0.4) is 0 Å². The molecule has 0 aliphatic carbocycles. The van der Waals surface area contributed by atoms with Crippen molar-refractivity contribution in [3.8, 4) is 17.6 Å². The molecular weight excluding hydrogens is 252 g/mol. The summed E-state index contributed by atoms with van der Waals surface area (Å²) >= 11 is 0. The number of hydrogen-bond donors (Lipinski definition) is 1. The first-order chi connectivity index (χ1) is 9.78. The van der Waals surface area contributed by atoms with E-state index in [0.29, 0.717) is 6.54 Å². The summed E-state index contributed by atoms with van der Waals surface area (Å²) in [6.45, 7) is 2.63. The summed E-state index contributed by atoms with van der Waals surface area (Å²) in [6.07, 6.45) is 4.65. The third-order valence-electron chi connectivity index (χ3n) is 3.07. The van der Waals surface area contributed by atoms with Crippen LogP contribution >= 0.6 is 0 Å². The highest BCUT2D eigenvalue weighted by molar-refractivity contribution is 5.45. The number of ether oxygens (including phenoxy) is 1. The summed E-state index contributed by atoms with van der Waals surface area (Å²) in [5.74, 6) is 7.50. The predicted octanol–water partition coefficient (Wildman–Crippen LogP) is 1.85. The second kappa shape index (κ2) is 6.78. The van der Waals surface area contributed by atoms with Crippen LogP contribution in [0.25, 0.3) is 0 Å². The van der Waals surface area contributed by atoms with Gasteiger partial charge in [-0.15, -0.1) is 0 Å². The molecule has 4 heteroatoms. The molecule has 0 unspecified atom stereocenters. The van der Waals surface area contributed by atoms with Gasteiger partial charge in [-0.1, -0.05) is 18.8 Å². The molecule has 0 saturated heterocycles. The Bertz CT molecular complexity index is 635. The predicted molar refractivity (Wildman–Crippen MR) is 77.7 cm³/mol. The van der Waals surface area contributed by atoms with Gasteiger partial charge in [-0.25, -0.2) is 4.98 Å². The highest BCUT2D eigenvalue weighted by Gasteiger charge is 2.06. The van der Waals surface area contributed by atoms with Crippen molar-refractivity contribution in [2.75, 3.05) is 13.7 Å². The first kappa shape index (κ1) is 14.2. The average Bonchev–Trinajstić information content (AvgIpc) is 2.93. The number of methoxy groups -OCH3 is 1. The molecule has 1 N–H and O–H groups in total. The van der Waals surface area contributed by atoms with Gasteiger partial charge in [-0.2, -0.15) is 0 Å². The first-order valence-electron chi connectivity index (χ1n) is 6.55. The molecule has 0 aliphatic heterocycles. The topological polar surface area (TPSA) is 47.3 Å². The molecule has 0 aliphatic rings. The lowest BCUT2D eigenvalue weighted by Crippen LogP contribution is -2.05. The van der Waals surface area contributed by atoms with Crippen molar-refractivity contribution in [2.45, 2.75) is 19.9 Å². The minimum Gasteiger partial charge on any atom is -0.497 e.